The molecule has 7 rings (SSSR count). The standard InChI is InChI=1S/C40H40ClF2IN6O4/c1-22-15-31(48(18-23-7-11-27(52-5)12-8-23)19-24-9-13-28(53-6)14-10-24)45-36(34(22)44)32-30(41)17-29-35(33(32)42)46-38(43)47-37(29)49-20-26-16-25(49)21-50(26)39(51)54-40(2,3)4/h7-15,17,25-26H,16,18-21H2,1-6H3. The van der Waals surface area contributed by atoms with Crippen LogP contribution in [0.3, 0.4) is 0 Å². The lowest BCUT2D eigenvalue weighted by Gasteiger charge is -2.36. The van der Waals surface area contributed by atoms with E-state index in [9.17, 15) is 4.79 Å². The molecular weight excluding hydrogens is 829 g/mol. The summed E-state index contributed by atoms with van der Waals surface area (Å²) in [5, 5.41) is 0.373. The second-order valence-electron chi connectivity index (χ2n) is 14.6. The number of fused-ring (bicyclic) bond motifs is 3. The zero-order chi connectivity index (χ0) is 38.5. The van der Waals surface area contributed by atoms with E-state index >= 15 is 8.78 Å². The molecule has 282 valence electrons. The average molecular weight is 869 g/mol. The molecule has 2 aliphatic heterocycles. The van der Waals surface area contributed by atoms with Gasteiger partial charge in [-0.1, -0.05) is 35.9 Å². The fourth-order valence-corrected chi connectivity index (χ4v) is 7.98. The van der Waals surface area contributed by atoms with Gasteiger partial charge in [0.15, 0.2) is 5.82 Å². The van der Waals surface area contributed by atoms with Crippen molar-refractivity contribution in [1.29, 1.82) is 0 Å². The Bertz CT molecular complexity index is 2170. The van der Waals surface area contributed by atoms with Crippen LogP contribution in [0, 0.1) is 22.4 Å². The smallest absolute Gasteiger partial charge is 0.410 e. The van der Waals surface area contributed by atoms with Crippen molar-refractivity contribution in [2.24, 2.45) is 0 Å². The van der Waals surface area contributed by atoms with Crippen LogP contribution in [0.4, 0.5) is 25.2 Å². The lowest BCUT2D eigenvalue weighted by molar-refractivity contribution is 0.0214. The van der Waals surface area contributed by atoms with Gasteiger partial charge in [-0.05, 0) is 110 Å². The van der Waals surface area contributed by atoms with Crippen LogP contribution in [0.2, 0.25) is 5.02 Å². The summed E-state index contributed by atoms with van der Waals surface area (Å²) in [6.45, 7) is 9.14. The van der Waals surface area contributed by atoms with E-state index in [2.05, 4.69) is 37.5 Å². The predicted molar refractivity (Wildman–Crippen MR) is 214 cm³/mol. The van der Waals surface area contributed by atoms with E-state index in [4.69, 9.17) is 30.8 Å². The third kappa shape index (κ3) is 7.57. The van der Waals surface area contributed by atoms with Crippen LogP contribution in [0.5, 0.6) is 11.5 Å². The summed E-state index contributed by atoms with van der Waals surface area (Å²) in [7, 11) is 3.25. The topological polar surface area (TPSA) is 93.2 Å². The number of piperazine rings is 1. The highest BCUT2D eigenvalue weighted by atomic mass is 127. The quantitative estimate of drug-likeness (QED) is 0.106. The number of halogens is 4. The van der Waals surface area contributed by atoms with Crippen molar-refractivity contribution >= 4 is 62.8 Å². The van der Waals surface area contributed by atoms with Gasteiger partial charge in [-0.2, -0.15) is 14.4 Å². The van der Waals surface area contributed by atoms with E-state index in [0.29, 0.717) is 47.7 Å². The van der Waals surface area contributed by atoms with E-state index in [-0.39, 0.29) is 39.4 Å². The van der Waals surface area contributed by atoms with Gasteiger partial charge in [0.1, 0.15) is 34.3 Å². The Morgan fingerprint density at radius 3 is 2.07 bits per heavy atom. The summed E-state index contributed by atoms with van der Waals surface area (Å²) in [5.74, 6) is 1.53. The molecule has 0 radical (unpaired) electrons. The van der Waals surface area contributed by atoms with Crippen LogP contribution in [-0.4, -0.2) is 70.9 Å². The molecule has 2 fully saturated rings. The molecule has 2 aliphatic rings. The monoisotopic (exact) mass is 868 g/mol. The Morgan fingerprint density at radius 1 is 0.926 bits per heavy atom. The number of rotatable bonds is 9. The van der Waals surface area contributed by atoms with E-state index < -0.39 is 23.6 Å². The van der Waals surface area contributed by atoms with Crippen LogP contribution in [0.1, 0.15) is 43.9 Å². The number of nitrogens with zero attached hydrogens (tertiary/aromatic N) is 6. The number of pyridine rings is 1. The molecule has 10 nitrogen and oxygen atoms in total. The Hall–Kier alpha value is -4.50. The summed E-state index contributed by atoms with van der Waals surface area (Å²) in [6, 6.07) is 18.8. The highest BCUT2D eigenvalue weighted by Gasteiger charge is 2.47. The lowest BCUT2D eigenvalue weighted by atomic mass is 10.0. The van der Waals surface area contributed by atoms with Crippen molar-refractivity contribution in [3.8, 4) is 22.8 Å². The number of anilines is 2. The Balaban J connectivity index is 1.26. The minimum Gasteiger partial charge on any atom is -0.497 e. The van der Waals surface area contributed by atoms with E-state index in [1.165, 1.54) is 0 Å². The maximum absolute atomic E-state index is 16.9. The first-order valence-corrected chi connectivity index (χ1v) is 19.0. The molecule has 0 aliphatic carbocycles. The number of carbonyl (C=O) groups is 1. The van der Waals surface area contributed by atoms with Gasteiger partial charge in [-0.25, -0.2) is 14.2 Å². The van der Waals surface area contributed by atoms with E-state index in [1.807, 2.05) is 87.2 Å². The van der Waals surface area contributed by atoms with Crippen molar-refractivity contribution in [2.45, 2.75) is 64.9 Å². The number of benzene rings is 3. The van der Waals surface area contributed by atoms with Crippen LogP contribution in [-0.2, 0) is 17.8 Å². The lowest BCUT2D eigenvalue weighted by Crippen LogP contribution is -2.50. The van der Waals surface area contributed by atoms with Gasteiger partial charge in [0.2, 0.25) is 0 Å². The number of amides is 1. The van der Waals surface area contributed by atoms with Crippen molar-refractivity contribution < 1.29 is 27.8 Å². The first kappa shape index (κ1) is 37.8. The maximum Gasteiger partial charge on any atom is 0.410 e. The number of carbonyl (C=O) groups excluding carboxylic acids is 1. The van der Waals surface area contributed by atoms with Crippen molar-refractivity contribution in [3.05, 3.63) is 97.8 Å². The third-order valence-corrected chi connectivity index (χ3v) is 11.4. The molecule has 2 aromatic heterocycles. The minimum absolute atomic E-state index is 0.0236. The van der Waals surface area contributed by atoms with Gasteiger partial charge in [-0.15, -0.1) is 0 Å². The molecule has 0 spiro atoms. The number of hydrogen-bond donors (Lipinski definition) is 0. The van der Waals surface area contributed by atoms with Crippen molar-refractivity contribution in [2.75, 3.05) is 37.1 Å². The zero-order valence-electron chi connectivity index (χ0n) is 30.8. The van der Waals surface area contributed by atoms with Gasteiger partial charge >= 0.3 is 12.2 Å². The van der Waals surface area contributed by atoms with Crippen molar-refractivity contribution in [1.82, 2.24) is 19.9 Å². The van der Waals surface area contributed by atoms with Crippen LogP contribution < -0.4 is 19.3 Å². The molecule has 2 atom stereocenters. The van der Waals surface area contributed by atoms with Crippen LogP contribution in [0.15, 0.2) is 60.7 Å². The van der Waals surface area contributed by atoms with Gasteiger partial charge < -0.3 is 28.9 Å². The molecule has 0 saturated carbocycles. The molecule has 1 amide bonds. The number of likely N-dealkylation sites (tertiary alicyclic amines) is 1. The van der Waals surface area contributed by atoms with Gasteiger partial charge in [0, 0.05) is 35.1 Å². The molecule has 54 heavy (non-hydrogen) atoms. The Morgan fingerprint density at radius 2 is 1.54 bits per heavy atom. The Labute approximate surface area is 331 Å². The fraction of sp³-hybridized carbons (Fsp3) is 0.350. The molecule has 2 saturated heterocycles. The molecule has 3 aromatic carbocycles. The second-order valence-corrected chi connectivity index (χ2v) is 16.1. The molecular formula is C40H40ClF2IN6O4. The molecule has 4 heterocycles. The minimum atomic E-state index is -1.06. The first-order chi connectivity index (χ1) is 25.7. The number of methoxy groups -OCH3 is 2. The van der Waals surface area contributed by atoms with Crippen molar-refractivity contribution in [3.63, 3.8) is 0 Å². The first-order valence-electron chi connectivity index (χ1n) is 17.5. The normalized spacial score (nSPS) is 16.6. The molecule has 2 unspecified atom stereocenters. The number of aromatic nitrogens is 3. The highest BCUT2D eigenvalue weighted by molar-refractivity contribution is 14.1. The van der Waals surface area contributed by atoms with Crippen LogP contribution >= 0.6 is 34.2 Å². The second kappa shape index (κ2) is 15.0. The summed E-state index contributed by atoms with van der Waals surface area (Å²) in [5.41, 5.74) is 2.41. The van der Waals surface area contributed by atoms with Crippen LogP contribution in [0.25, 0.3) is 22.2 Å². The summed E-state index contributed by atoms with van der Waals surface area (Å²) in [4.78, 5) is 31.7. The molecule has 14 heteroatoms. The fourth-order valence-electron chi connectivity index (χ4n) is 7.15. The SMILES string of the molecule is COc1ccc(CN(Cc2ccc(OC)cc2)c2cc(C)c(I)c(-c3c(Cl)cc4c(N5CC6CC5CN6C(=O)OC(C)(C)C)nc(F)nc4c3F)n2)cc1. The molecule has 0 N–H and O–H groups in total. The van der Waals surface area contributed by atoms with Gasteiger partial charge in [0.25, 0.3) is 0 Å². The third-order valence-electron chi connectivity index (χ3n) is 9.73. The van der Waals surface area contributed by atoms with Gasteiger partial charge in [0.05, 0.1) is 42.6 Å². The average Bonchev–Trinajstić information content (AvgIpc) is 3.75. The largest absolute Gasteiger partial charge is 0.497 e. The predicted octanol–water partition coefficient (Wildman–Crippen LogP) is 8.96. The maximum atomic E-state index is 16.9. The number of ether oxygens (including phenoxy) is 3. The number of aryl methyl sites for hydroxylation is 1. The van der Waals surface area contributed by atoms with Gasteiger partial charge in [-0.3, -0.25) is 0 Å². The summed E-state index contributed by atoms with van der Waals surface area (Å²) in [6.07, 6.45) is -0.800. The number of hydrogen-bond acceptors (Lipinski definition) is 9. The zero-order valence-corrected chi connectivity index (χ0v) is 33.7. The van der Waals surface area contributed by atoms with E-state index in [1.54, 1.807) is 25.2 Å². The highest BCUT2D eigenvalue weighted by Crippen LogP contribution is 2.43. The van der Waals surface area contributed by atoms with E-state index in [0.717, 1.165) is 28.2 Å². The molecule has 2 bridgehead atoms. The Kier molecular flexibility index (Phi) is 10.5. The summed E-state index contributed by atoms with van der Waals surface area (Å²) >= 11 is 9.13. The molecule has 5 aromatic rings. The summed E-state index contributed by atoms with van der Waals surface area (Å²) < 4.78 is 49.2.